The topological polar surface area (TPSA) is 64.9 Å². The third-order valence-corrected chi connectivity index (χ3v) is 3.18. The molecule has 0 saturated carbocycles. The average molecular weight is 266 g/mol. The lowest BCUT2D eigenvalue weighted by Crippen LogP contribution is -2.19. The highest BCUT2D eigenvalue weighted by Gasteiger charge is 2.16. The molecule has 6 nitrogen and oxygen atoms in total. The van der Waals surface area contributed by atoms with Gasteiger partial charge in [-0.3, -0.25) is 0 Å². The van der Waals surface area contributed by atoms with Crippen molar-refractivity contribution in [1.29, 1.82) is 0 Å². The number of aromatic nitrogens is 4. The molecular formula is C11H12ClN5O. The van der Waals surface area contributed by atoms with E-state index in [0.717, 1.165) is 24.4 Å². The van der Waals surface area contributed by atoms with Crippen LogP contribution in [-0.2, 0) is 4.74 Å². The van der Waals surface area contributed by atoms with E-state index in [1.807, 2.05) is 18.2 Å². The molecule has 1 N–H and O–H groups in total. The standard InChI is InChI=1S/C11H12ClN5O/c12-10-2-1-9(17-7-13-15-16-17)5-11(10)14-8-3-4-18-6-8/h1-2,5,7-8,14H,3-4,6H2. The number of ether oxygens (including phenoxy) is 1. The van der Waals surface area contributed by atoms with E-state index >= 15 is 0 Å². The van der Waals surface area contributed by atoms with Gasteiger partial charge in [-0.05, 0) is 35.0 Å². The van der Waals surface area contributed by atoms with Crippen LogP contribution in [-0.4, -0.2) is 39.5 Å². The Kier molecular flexibility index (Phi) is 3.12. The van der Waals surface area contributed by atoms with Crippen molar-refractivity contribution in [2.24, 2.45) is 0 Å². The van der Waals surface area contributed by atoms with Gasteiger partial charge in [-0.2, -0.15) is 0 Å². The maximum atomic E-state index is 6.17. The first kappa shape index (κ1) is 11.4. The van der Waals surface area contributed by atoms with Crippen molar-refractivity contribution in [2.45, 2.75) is 12.5 Å². The summed E-state index contributed by atoms with van der Waals surface area (Å²) in [5.41, 5.74) is 1.74. The number of nitrogens with zero attached hydrogens (tertiary/aromatic N) is 4. The van der Waals surface area contributed by atoms with E-state index in [1.54, 1.807) is 11.0 Å². The van der Waals surface area contributed by atoms with Crippen LogP contribution >= 0.6 is 11.6 Å². The number of tetrazole rings is 1. The second kappa shape index (κ2) is 4.91. The van der Waals surface area contributed by atoms with Crippen molar-refractivity contribution in [1.82, 2.24) is 20.2 Å². The van der Waals surface area contributed by atoms with Crippen LogP contribution in [0.15, 0.2) is 24.5 Å². The van der Waals surface area contributed by atoms with Gasteiger partial charge >= 0.3 is 0 Å². The Hall–Kier alpha value is -1.66. The summed E-state index contributed by atoms with van der Waals surface area (Å²) in [4.78, 5) is 0. The summed E-state index contributed by atoms with van der Waals surface area (Å²) in [5, 5.41) is 15.1. The summed E-state index contributed by atoms with van der Waals surface area (Å²) in [5.74, 6) is 0. The van der Waals surface area contributed by atoms with Gasteiger partial charge < -0.3 is 10.1 Å². The third kappa shape index (κ3) is 2.30. The van der Waals surface area contributed by atoms with Crippen molar-refractivity contribution in [3.05, 3.63) is 29.5 Å². The molecule has 3 rings (SSSR count). The first-order chi connectivity index (χ1) is 8.83. The van der Waals surface area contributed by atoms with Gasteiger partial charge in [0, 0.05) is 6.61 Å². The molecule has 2 aromatic rings. The molecule has 0 amide bonds. The maximum absolute atomic E-state index is 6.17. The molecule has 2 heterocycles. The van der Waals surface area contributed by atoms with Crippen molar-refractivity contribution < 1.29 is 4.74 Å². The molecule has 1 aliphatic heterocycles. The van der Waals surface area contributed by atoms with E-state index in [1.165, 1.54) is 0 Å². The lowest BCUT2D eigenvalue weighted by atomic mass is 10.2. The summed E-state index contributed by atoms with van der Waals surface area (Å²) >= 11 is 6.17. The Morgan fingerprint density at radius 2 is 2.39 bits per heavy atom. The van der Waals surface area contributed by atoms with Crippen LogP contribution in [0.1, 0.15) is 6.42 Å². The predicted octanol–water partition coefficient (Wildman–Crippen LogP) is 1.52. The smallest absolute Gasteiger partial charge is 0.143 e. The zero-order valence-corrected chi connectivity index (χ0v) is 10.3. The molecule has 0 spiro atoms. The Labute approximate surface area is 109 Å². The van der Waals surface area contributed by atoms with E-state index in [2.05, 4.69) is 20.8 Å². The number of anilines is 1. The molecule has 1 saturated heterocycles. The largest absolute Gasteiger partial charge is 0.379 e. The van der Waals surface area contributed by atoms with Crippen LogP contribution < -0.4 is 5.32 Å². The normalized spacial score (nSPS) is 19.1. The minimum absolute atomic E-state index is 0.312. The van der Waals surface area contributed by atoms with Crippen LogP contribution in [0.5, 0.6) is 0 Å². The van der Waals surface area contributed by atoms with Gasteiger partial charge in [0.15, 0.2) is 0 Å². The second-order valence-corrected chi connectivity index (χ2v) is 4.53. The molecule has 1 atom stereocenters. The minimum Gasteiger partial charge on any atom is -0.379 e. The van der Waals surface area contributed by atoms with E-state index in [-0.39, 0.29) is 0 Å². The van der Waals surface area contributed by atoms with Gasteiger partial charge in [0.1, 0.15) is 6.33 Å². The summed E-state index contributed by atoms with van der Waals surface area (Å²) in [7, 11) is 0. The van der Waals surface area contributed by atoms with Crippen LogP contribution in [0.4, 0.5) is 5.69 Å². The van der Waals surface area contributed by atoms with Crippen molar-refractivity contribution in [3.63, 3.8) is 0 Å². The molecule has 7 heteroatoms. The van der Waals surface area contributed by atoms with Crippen LogP contribution in [0.3, 0.4) is 0 Å². The fourth-order valence-corrected chi connectivity index (χ4v) is 2.09. The van der Waals surface area contributed by atoms with E-state index in [9.17, 15) is 0 Å². The Bertz CT molecular complexity index is 524. The summed E-state index contributed by atoms with van der Waals surface area (Å²) in [6.45, 7) is 1.51. The maximum Gasteiger partial charge on any atom is 0.143 e. The molecular weight excluding hydrogens is 254 g/mol. The van der Waals surface area contributed by atoms with Crippen molar-refractivity contribution >= 4 is 17.3 Å². The van der Waals surface area contributed by atoms with Crippen molar-refractivity contribution in [3.8, 4) is 5.69 Å². The number of hydrogen-bond acceptors (Lipinski definition) is 5. The summed E-state index contributed by atoms with van der Waals surface area (Å²) < 4.78 is 6.92. The second-order valence-electron chi connectivity index (χ2n) is 4.12. The molecule has 94 valence electrons. The molecule has 1 fully saturated rings. The highest BCUT2D eigenvalue weighted by Crippen LogP contribution is 2.26. The molecule has 1 aliphatic rings. The van der Waals surface area contributed by atoms with Crippen LogP contribution in [0, 0.1) is 0 Å². The van der Waals surface area contributed by atoms with Crippen LogP contribution in [0.25, 0.3) is 5.69 Å². The number of rotatable bonds is 3. The number of nitrogens with one attached hydrogen (secondary N) is 1. The number of benzene rings is 1. The Morgan fingerprint density at radius 3 is 3.11 bits per heavy atom. The molecule has 0 radical (unpaired) electrons. The van der Waals surface area contributed by atoms with Gasteiger partial charge in [-0.1, -0.05) is 11.6 Å². The lowest BCUT2D eigenvalue weighted by Gasteiger charge is -2.14. The third-order valence-electron chi connectivity index (χ3n) is 2.85. The highest BCUT2D eigenvalue weighted by molar-refractivity contribution is 6.33. The molecule has 1 unspecified atom stereocenters. The van der Waals surface area contributed by atoms with Crippen molar-refractivity contribution in [2.75, 3.05) is 18.5 Å². The zero-order valence-electron chi connectivity index (χ0n) is 9.58. The molecule has 0 bridgehead atoms. The quantitative estimate of drug-likeness (QED) is 0.911. The van der Waals surface area contributed by atoms with Gasteiger partial charge in [-0.25, -0.2) is 4.68 Å². The van der Waals surface area contributed by atoms with Crippen LogP contribution in [0.2, 0.25) is 5.02 Å². The first-order valence-corrected chi connectivity index (χ1v) is 6.08. The van der Waals surface area contributed by atoms with E-state index in [0.29, 0.717) is 17.7 Å². The number of halogens is 1. The van der Waals surface area contributed by atoms with E-state index < -0.39 is 0 Å². The van der Waals surface area contributed by atoms with Gasteiger partial charge in [-0.15, -0.1) is 5.10 Å². The molecule has 0 aliphatic carbocycles. The lowest BCUT2D eigenvalue weighted by molar-refractivity contribution is 0.195. The minimum atomic E-state index is 0.312. The van der Waals surface area contributed by atoms with Gasteiger partial charge in [0.25, 0.3) is 0 Å². The Balaban J connectivity index is 1.86. The Morgan fingerprint density at radius 1 is 1.44 bits per heavy atom. The van der Waals surface area contributed by atoms with E-state index in [4.69, 9.17) is 16.3 Å². The fourth-order valence-electron chi connectivity index (χ4n) is 1.91. The SMILES string of the molecule is Clc1ccc(-n2cnnn2)cc1NC1CCOC1. The first-order valence-electron chi connectivity index (χ1n) is 5.70. The zero-order chi connectivity index (χ0) is 12.4. The predicted molar refractivity (Wildman–Crippen MR) is 67.0 cm³/mol. The number of hydrogen-bond donors (Lipinski definition) is 1. The molecule has 1 aromatic heterocycles. The molecule has 18 heavy (non-hydrogen) atoms. The fraction of sp³-hybridized carbons (Fsp3) is 0.364. The monoisotopic (exact) mass is 265 g/mol. The highest BCUT2D eigenvalue weighted by atomic mass is 35.5. The van der Waals surface area contributed by atoms with Gasteiger partial charge in [0.05, 0.1) is 29.0 Å². The van der Waals surface area contributed by atoms with Gasteiger partial charge in [0.2, 0.25) is 0 Å². The summed E-state index contributed by atoms with van der Waals surface area (Å²) in [6.07, 6.45) is 2.54. The molecule has 1 aromatic carbocycles. The summed E-state index contributed by atoms with van der Waals surface area (Å²) in [6, 6.07) is 5.94. The average Bonchev–Trinajstić information content (AvgIpc) is 3.04.